The normalized spacial score (nSPS) is 26.0. The van der Waals surface area contributed by atoms with Gasteiger partial charge < -0.3 is 10.2 Å². The summed E-state index contributed by atoms with van der Waals surface area (Å²) >= 11 is 1.67. The number of β-amino-alcohol motifs (C(OH)–C–C–N with tert-alkyl or cyclic N) is 1. The molecule has 5 heteroatoms. The molecular weight excluding hydrogens is 202 g/mol. The minimum absolute atomic E-state index is 0.403. The molecule has 14 heavy (non-hydrogen) atoms. The van der Waals surface area contributed by atoms with Crippen LogP contribution in [0.25, 0.3) is 0 Å². The van der Waals surface area contributed by atoms with Crippen molar-refractivity contribution in [2.75, 3.05) is 24.6 Å². The van der Waals surface area contributed by atoms with Gasteiger partial charge in [0.05, 0.1) is 6.10 Å². The molecule has 0 amide bonds. The van der Waals surface area contributed by atoms with Gasteiger partial charge in [0.25, 0.3) is 0 Å². The SMILES string of the molecule is CCC(O)CN1CCSCC1C(=O)O. The van der Waals surface area contributed by atoms with Gasteiger partial charge in [0.15, 0.2) is 0 Å². The second-order valence-electron chi connectivity index (χ2n) is 3.49. The van der Waals surface area contributed by atoms with E-state index >= 15 is 0 Å². The molecule has 0 aliphatic carbocycles. The van der Waals surface area contributed by atoms with E-state index in [9.17, 15) is 9.90 Å². The van der Waals surface area contributed by atoms with Crippen LogP contribution in [0.5, 0.6) is 0 Å². The number of aliphatic hydroxyl groups is 1. The van der Waals surface area contributed by atoms with E-state index in [4.69, 9.17) is 5.11 Å². The molecular formula is C9H17NO3S. The fourth-order valence-corrected chi connectivity index (χ4v) is 2.59. The highest BCUT2D eigenvalue weighted by atomic mass is 32.2. The van der Waals surface area contributed by atoms with Crippen molar-refractivity contribution >= 4 is 17.7 Å². The van der Waals surface area contributed by atoms with Gasteiger partial charge in [-0.25, -0.2) is 0 Å². The molecule has 82 valence electrons. The summed E-state index contributed by atoms with van der Waals surface area (Å²) in [7, 11) is 0. The highest BCUT2D eigenvalue weighted by Gasteiger charge is 2.29. The largest absolute Gasteiger partial charge is 0.480 e. The minimum Gasteiger partial charge on any atom is -0.480 e. The highest BCUT2D eigenvalue weighted by Crippen LogP contribution is 2.17. The Morgan fingerprint density at radius 3 is 3.00 bits per heavy atom. The third kappa shape index (κ3) is 3.15. The number of thioether (sulfide) groups is 1. The minimum atomic E-state index is -0.777. The van der Waals surface area contributed by atoms with Crippen LogP contribution in [0.3, 0.4) is 0 Å². The summed E-state index contributed by atoms with van der Waals surface area (Å²) in [5.41, 5.74) is 0. The topological polar surface area (TPSA) is 60.8 Å². The molecule has 0 aromatic carbocycles. The molecule has 4 nitrogen and oxygen atoms in total. The maximum atomic E-state index is 10.9. The van der Waals surface area contributed by atoms with Crippen LogP contribution in [0.2, 0.25) is 0 Å². The molecule has 0 bridgehead atoms. The summed E-state index contributed by atoms with van der Waals surface area (Å²) in [6, 6.07) is -0.421. The summed E-state index contributed by atoms with van der Waals surface area (Å²) < 4.78 is 0. The predicted molar refractivity (Wildman–Crippen MR) is 56.6 cm³/mol. The standard InChI is InChI=1S/C9H17NO3S/c1-2-7(11)5-10-3-4-14-6-8(10)9(12)13/h7-8,11H,2-6H2,1H3,(H,12,13). The van der Waals surface area contributed by atoms with Crippen LogP contribution in [-0.4, -0.2) is 57.8 Å². The number of carbonyl (C=O) groups is 1. The lowest BCUT2D eigenvalue weighted by molar-refractivity contribution is -0.142. The van der Waals surface area contributed by atoms with Crippen LogP contribution in [0, 0.1) is 0 Å². The van der Waals surface area contributed by atoms with Crippen molar-refractivity contribution in [2.24, 2.45) is 0 Å². The second kappa shape index (κ2) is 5.58. The van der Waals surface area contributed by atoms with E-state index < -0.39 is 18.1 Å². The van der Waals surface area contributed by atoms with Gasteiger partial charge >= 0.3 is 5.97 Å². The van der Waals surface area contributed by atoms with Gasteiger partial charge in [0.2, 0.25) is 0 Å². The molecule has 1 aliphatic rings. The van der Waals surface area contributed by atoms with Crippen molar-refractivity contribution in [1.82, 2.24) is 4.90 Å². The zero-order chi connectivity index (χ0) is 10.6. The van der Waals surface area contributed by atoms with Crippen LogP contribution in [-0.2, 0) is 4.79 Å². The maximum Gasteiger partial charge on any atom is 0.321 e. The van der Waals surface area contributed by atoms with Crippen LogP contribution < -0.4 is 0 Å². The molecule has 1 fully saturated rings. The van der Waals surface area contributed by atoms with Gasteiger partial charge in [-0.2, -0.15) is 11.8 Å². The zero-order valence-electron chi connectivity index (χ0n) is 8.35. The number of nitrogens with zero attached hydrogens (tertiary/aromatic N) is 1. The first kappa shape index (κ1) is 11.8. The Morgan fingerprint density at radius 2 is 2.43 bits per heavy atom. The van der Waals surface area contributed by atoms with Gasteiger partial charge in [-0.1, -0.05) is 6.92 Å². The van der Waals surface area contributed by atoms with Crippen LogP contribution in [0.4, 0.5) is 0 Å². The Kier molecular flexibility index (Phi) is 4.71. The van der Waals surface area contributed by atoms with E-state index in [1.807, 2.05) is 11.8 Å². The van der Waals surface area contributed by atoms with Crippen LogP contribution >= 0.6 is 11.8 Å². The van der Waals surface area contributed by atoms with E-state index in [2.05, 4.69) is 0 Å². The number of hydrogen-bond donors (Lipinski definition) is 2. The van der Waals surface area contributed by atoms with Crippen molar-refractivity contribution < 1.29 is 15.0 Å². The Balaban J connectivity index is 2.49. The van der Waals surface area contributed by atoms with E-state index in [0.717, 1.165) is 12.3 Å². The quantitative estimate of drug-likeness (QED) is 0.710. The molecule has 0 aromatic heterocycles. The average Bonchev–Trinajstić information content (AvgIpc) is 2.18. The average molecular weight is 219 g/mol. The smallest absolute Gasteiger partial charge is 0.321 e. The van der Waals surface area contributed by atoms with Gasteiger partial charge in [0, 0.05) is 24.6 Å². The Labute approximate surface area is 88.3 Å². The molecule has 2 N–H and O–H groups in total. The third-order valence-corrected chi connectivity index (χ3v) is 3.46. The van der Waals surface area contributed by atoms with Gasteiger partial charge in [-0.05, 0) is 6.42 Å². The number of rotatable bonds is 4. The van der Waals surface area contributed by atoms with E-state index in [1.165, 1.54) is 0 Å². The lowest BCUT2D eigenvalue weighted by Crippen LogP contribution is -2.49. The number of aliphatic carboxylic acids is 1. The molecule has 2 unspecified atom stereocenters. The Hall–Kier alpha value is -0.260. The molecule has 1 rings (SSSR count). The Bertz CT molecular complexity index is 200. The summed E-state index contributed by atoms with van der Waals surface area (Å²) in [5.74, 6) is 0.812. The van der Waals surface area contributed by atoms with Gasteiger partial charge in [-0.3, -0.25) is 9.69 Å². The van der Waals surface area contributed by atoms with E-state index in [-0.39, 0.29) is 0 Å². The lowest BCUT2D eigenvalue weighted by Gasteiger charge is -2.33. The first-order valence-corrected chi connectivity index (χ1v) is 6.03. The lowest BCUT2D eigenvalue weighted by atomic mass is 10.2. The molecule has 1 heterocycles. The van der Waals surface area contributed by atoms with Crippen LogP contribution in [0.1, 0.15) is 13.3 Å². The first-order chi connectivity index (χ1) is 6.65. The van der Waals surface area contributed by atoms with Crippen molar-refractivity contribution in [2.45, 2.75) is 25.5 Å². The maximum absolute atomic E-state index is 10.9. The highest BCUT2D eigenvalue weighted by molar-refractivity contribution is 7.99. The first-order valence-electron chi connectivity index (χ1n) is 4.87. The third-order valence-electron chi connectivity index (χ3n) is 2.44. The van der Waals surface area contributed by atoms with Crippen molar-refractivity contribution in [3.8, 4) is 0 Å². The zero-order valence-corrected chi connectivity index (χ0v) is 9.16. The number of aliphatic hydroxyl groups excluding tert-OH is 1. The monoisotopic (exact) mass is 219 g/mol. The molecule has 1 aliphatic heterocycles. The summed E-state index contributed by atoms with van der Waals surface area (Å²) in [4.78, 5) is 12.8. The Morgan fingerprint density at radius 1 is 1.71 bits per heavy atom. The van der Waals surface area contributed by atoms with Gasteiger partial charge in [-0.15, -0.1) is 0 Å². The molecule has 0 radical (unpaired) electrons. The fourth-order valence-electron chi connectivity index (χ4n) is 1.48. The summed E-state index contributed by atoms with van der Waals surface area (Å²) in [6.45, 7) is 3.14. The predicted octanol–water partition coefficient (Wildman–Crippen LogP) is 0.259. The molecule has 0 spiro atoms. The van der Waals surface area contributed by atoms with E-state index in [0.29, 0.717) is 18.7 Å². The molecule has 2 atom stereocenters. The second-order valence-corrected chi connectivity index (χ2v) is 4.64. The van der Waals surface area contributed by atoms with Crippen LogP contribution in [0.15, 0.2) is 0 Å². The summed E-state index contributed by atoms with van der Waals surface area (Å²) in [6.07, 6.45) is 0.274. The molecule has 1 saturated heterocycles. The number of carboxylic acid groups (broad SMARTS) is 1. The number of carboxylic acids is 1. The fraction of sp³-hybridized carbons (Fsp3) is 0.889. The number of hydrogen-bond acceptors (Lipinski definition) is 4. The van der Waals surface area contributed by atoms with Crippen molar-refractivity contribution in [1.29, 1.82) is 0 Å². The van der Waals surface area contributed by atoms with E-state index in [1.54, 1.807) is 11.8 Å². The molecule has 0 aromatic rings. The van der Waals surface area contributed by atoms with Crippen molar-refractivity contribution in [3.05, 3.63) is 0 Å². The summed E-state index contributed by atoms with van der Waals surface area (Å²) in [5, 5.41) is 18.4. The van der Waals surface area contributed by atoms with Gasteiger partial charge in [0.1, 0.15) is 6.04 Å². The van der Waals surface area contributed by atoms with Crippen molar-refractivity contribution in [3.63, 3.8) is 0 Å². The molecule has 0 saturated carbocycles.